The van der Waals surface area contributed by atoms with Crippen LogP contribution in [0.3, 0.4) is 0 Å². The number of pyridine rings is 1. The summed E-state index contributed by atoms with van der Waals surface area (Å²) in [6, 6.07) is 15.9. The van der Waals surface area contributed by atoms with Gasteiger partial charge in [-0.1, -0.05) is 17.7 Å². The molecular formula is C20H18ClN3O3. The molecule has 0 unspecified atom stereocenters. The van der Waals surface area contributed by atoms with Crippen LogP contribution in [0.25, 0.3) is 0 Å². The molecule has 0 saturated carbocycles. The Morgan fingerprint density at radius 2 is 1.85 bits per heavy atom. The number of halogens is 1. The van der Waals surface area contributed by atoms with Crippen LogP contribution in [0.4, 0.5) is 17.1 Å². The van der Waals surface area contributed by atoms with E-state index in [1.165, 1.54) is 7.11 Å². The topological polar surface area (TPSA) is 72.5 Å². The summed E-state index contributed by atoms with van der Waals surface area (Å²) in [6.07, 6.45) is 1.58. The van der Waals surface area contributed by atoms with Gasteiger partial charge in [0.2, 0.25) is 0 Å². The largest absolute Gasteiger partial charge is 0.497 e. The molecule has 7 heteroatoms. The molecular weight excluding hydrogens is 366 g/mol. The first-order valence-electron chi connectivity index (χ1n) is 8.11. The minimum absolute atomic E-state index is 0.275. The van der Waals surface area contributed by atoms with Gasteiger partial charge in [-0.2, -0.15) is 0 Å². The molecule has 1 aromatic heterocycles. The second-order valence-corrected chi connectivity index (χ2v) is 6.02. The highest BCUT2D eigenvalue weighted by Gasteiger charge is 2.12. The zero-order valence-electron chi connectivity index (χ0n) is 14.8. The quantitative estimate of drug-likeness (QED) is 0.642. The number of amides is 1. The molecule has 6 nitrogen and oxygen atoms in total. The molecule has 2 N–H and O–H groups in total. The highest BCUT2D eigenvalue weighted by molar-refractivity contribution is 6.30. The monoisotopic (exact) mass is 383 g/mol. The number of carbonyl (C=O) groups is 1. The van der Waals surface area contributed by atoms with Crippen molar-refractivity contribution in [2.24, 2.45) is 0 Å². The van der Waals surface area contributed by atoms with Gasteiger partial charge in [0.1, 0.15) is 17.2 Å². The van der Waals surface area contributed by atoms with Gasteiger partial charge in [-0.15, -0.1) is 0 Å². The van der Waals surface area contributed by atoms with Gasteiger partial charge in [-0.25, -0.2) is 4.98 Å². The third-order valence-corrected chi connectivity index (χ3v) is 4.00. The van der Waals surface area contributed by atoms with Gasteiger partial charge in [-0.3, -0.25) is 4.79 Å². The number of benzene rings is 2. The van der Waals surface area contributed by atoms with E-state index in [2.05, 4.69) is 15.6 Å². The number of aromatic nitrogens is 1. The van der Waals surface area contributed by atoms with E-state index < -0.39 is 0 Å². The van der Waals surface area contributed by atoms with Crippen LogP contribution in [0.5, 0.6) is 11.5 Å². The summed E-state index contributed by atoms with van der Waals surface area (Å²) in [6.45, 7) is 0. The molecule has 0 radical (unpaired) electrons. The number of nitrogens with one attached hydrogen (secondary N) is 2. The van der Waals surface area contributed by atoms with Crippen molar-refractivity contribution in [2.75, 3.05) is 24.9 Å². The highest BCUT2D eigenvalue weighted by Crippen LogP contribution is 2.29. The summed E-state index contributed by atoms with van der Waals surface area (Å²) < 4.78 is 10.4. The van der Waals surface area contributed by atoms with Crippen molar-refractivity contribution in [1.82, 2.24) is 4.98 Å². The van der Waals surface area contributed by atoms with E-state index in [-0.39, 0.29) is 11.6 Å². The van der Waals surface area contributed by atoms with Gasteiger partial charge in [0.25, 0.3) is 5.91 Å². The normalized spacial score (nSPS) is 10.2. The summed E-state index contributed by atoms with van der Waals surface area (Å²) in [5, 5.41) is 6.60. The van der Waals surface area contributed by atoms with Gasteiger partial charge in [0.15, 0.2) is 0 Å². The maximum absolute atomic E-state index is 12.5. The van der Waals surface area contributed by atoms with Crippen LogP contribution < -0.4 is 20.1 Å². The van der Waals surface area contributed by atoms with Gasteiger partial charge >= 0.3 is 0 Å². The van der Waals surface area contributed by atoms with Crippen molar-refractivity contribution < 1.29 is 14.3 Å². The smallest absolute Gasteiger partial charge is 0.274 e. The van der Waals surface area contributed by atoms with Crippen molar-refractivity contribution in [3.05, 3.63) is 71.5 Å². The molecule has 0 bridgehead atoms. The highest BCUT2D eigenvalue weighted by atomic mass is 35.5. The Labute approximate surface area is 162 Å². The molecule has 27 heavy (non-hydrogen) atoms. The molecule has 0 atom stereocenters. The summed E-state index contributed by atoms with van der Waals surface area (Å²) in [7, 11) is 3.09. The molecule has 3 aromatic rings. The van der Waals surface area contributed by atoms with Gasteiger partial charge in [0, 0.05) is 16.8 Å². The van der Waals surface area contributed by atoms with Crippen LogP contribution in [0, 0.1) is 0 Å². The van der Waals surface area contributed by atoms with Crippen LogP contribution in [0.15, 0.2) is 60.8 Å². The molecule has 3 rings (SSSR count). The molecule has 138 valence electrons. The van der Waals surface area contributed by atoms with Crippen molar-refractivity contribution in [3.63, 3.8) is 0 Å². The lowest BCUT2D eigenvalue weighted by molar-refractivity contribution is 0.102. The second-order valence-electron chi connectivity index (χ2n) is 5.59. The lowest BCUT2D eigenvalue weighted by Gasteiger charge is -2.12. The summed E-state index contributed by atoms with van der Waals surface area (Å²) in [5.74, 6) is 0.791. The Morgan fingerprint density at radius 3 is 2.52 bits per heavy atom. The van der Waals surface area contributed by atoms with Gasteiger partial charge in [-0.05, 0) is 42.5 Å². The minimum atomic E-state index is -0.351. The van der Waals surface area contributed by atoms with E-state index >= 15 is 0 Å². The van der Waals surface area contributed by atoms with Crippen LogP contribution in [-0.2, 0) is 0 Å². The third kappa shape index (κ3) is 4.68. The maximum Gasteiger partial charge on any atom is 0.274 e. The average molecular weight is 384 g/mol. The van der Waals surface area contributed by atoms with Crippen LogP contribution >= 0.6 is 11.6 Å². The Morgan fingerprint density at radius 1 is 1.00 bits per heavy atom. The Bertz CT molecular complexity index is 945. The molecule has 0 aliphatic carbocycles. The number of methoxy groups -OCH3 is 2. The number of rotatable bonds is 6. The molecule has 1 heterocycles. The van der Waals surface area contributed by atoms with Crippen molar-refractivity contribution in [3.8, 4) is 11.5 Å². The molecule has 0 aliphatic rings. The van der Waals surface area contributed by atoms with E-state index in [4.69, 9.17) is 21.1 Å². The van der Waals surface area contributed by atoms with Crippen molar-refractivity contribution in [2.45, 2.75) is 0 Å². The fourth-order valence-electron chi connectivity index (χ4n) is 2.43. The minimum Gasteiger partial charge on any atom is -0.497 e. The fourth-order valence-corrected chi connectivity index (χ4v) is 2.62. The van der Waals surface area contributed by atoms with E-state index in [0.29, 0.717) is 22.2 Å². The Balaban J connectivity index is 1.72. The standard InChI is InChI=1S/C20H18ClN3O3/c1-26-16-7-9-19(27-2)18(11-16)24-20(25)17-8-6-15(12-22-17)23-14-5-3-4-13(21)10-14/h3-12,23H,1-2H3,(H,24,25). The summed E-state index contributed by atoms with van der Waals surface area (Å²) in [4.78, 5) is 16.7. The Hall–Kier alpha value is -3.25. The zero-order chi connectivity index (χ0) is 19.2. The summed E-state index contributed by atoms with van der Waals surface area (Å²) in [5.41, 5.74) is 2.36. The average Bonchev–Trinajstić information content (AvgIpc) is 2.68. The second kappa shape index (κ2) is 8.42. The molecule has 0 spiro atoms. The lowest BCUT2D eigenvalue weighted by Crippen LogP contribution is -2.14. The fraction of sp³-hybridized carbons (Fsp3) is 0.100. The van der Waals surface area contributed by atoms with Gasteiger partial charge in [0.05, 0.1) is 31.8 Å². The van der Waals surface area contributed by atoms with E-state index in [1.54, 1.807) is 55.8 Å². The maximum atomic E-state index is 12.5. The molecule has 0 aliphatic heterocycles. The van der Waals surface area contributed by atoms with Crippen molar-refractivity contribution in [1.29, 1.82) is 0 Å². The Kier molecular flexibility index (Phi) is 5.78. The number of anilines is 3. The van der Waals surface area contributed by atoms with E-state index in [9.17, 15) is 4.79 Å². The first-order chi connectivity index (χ1) is 13.1. The number of hydrogen-bond donors (Lipinski definition) is 2. The van der Waals surface area contributed by atoms with Crippen molar-refractivity contribution >= 4 is 34.6 Å². The zero-order valence-corrected chi connectivity index (χ0v) is 15.6. The van der Waals surface area contributed by atoms with E-state index in [0.717, 1.165) is 11.4 Å². The SMILES string of the molecule is COc1ccc(OC)c(NC(=O)c2ccc(Nc3cccc(Cl)c3)cn2)c1. The summed E-state index contributed by atoms with van der Waals surface area (Å²) >= 11 is 5.97. The molecule has 2 aromatic carbocycles. The number of nitrogens with zero attached hydrogens (tertiary/aromatic N) is 1. The van der Waals surface area contributed by atoms with Crippen LogP contribution in [0.1, 0.15) is 10.5 Å². The first kappa shape index (κ1) is 18.5. The van der Waals surface area contributed by atoms with Crippen LogP contribution in [-0.4, -0.2) is 25.1 Å². The lowest BCUT2D eigenvalue weighted by atomic mass is 10.2. The number of ether oxygens (including phenoxy) is 2. The van der Waals surface area contributed by atoms with E-state index in [1.807, 2.05) is 12.1 Å². The number of hydrogen-bond acceptors (Lipinski definition) is 5. The predicted octanol–water partition coefficient (Wildman–Crippen LogP) is 4.75. The first-order valence-corrected chi connectivity index (χ1v) is 8.49. The van der Waals surface area contributed by atoms with Gasteiger partial charge < -0.3 is 20.1 Å². The molecule has 0 saturated heterocycles. The third-order valence-electron chi connectivity index (χ3n) is 3.76. The van der Waals surface area contributed by atoms with Crippen LogP contribution in [0.2, 0.25) is 5.02 Å². The number of carbonyl (C=O) groups excluding carboxylic acids is 1. The molecule has 1 amide bonds. The predicted molar refractivity (Wildman–Crippen MR) is 106 cm³/mol. The molecule has 0 fully saturated rings.